The molecular weight excluding hydrogens is 274 g/mol. The molecule has 0 bridgehead atoms. The summed E-state index contributed by atoms with van der Waals surface area (Å²) < 4.78 is 5.36. The van der Waals surface area contributed by atoms with Gasteiger partial charge in [-0.05, 0) is 37.6 Å². The normalized spacial score (nSPS) is 10.3. The van der Waals surface area contributed by atoms with Gasteiger partial charge in [0.1, 0.15) is 0 Å². The Kier molecular flexibility index (Phi) is 4.74. The summed E-state index contributed by atoms with van der Waals surface area (Å²) in [6.45, 7) is 4.88. The van der Waals surface area contributed by atoms with Crippen LogP contribution in [0, 0.1) is 6.92 Å². The van der Waals surface area contributed by atoms with E-state index in [9.17, 15) is 5.11 Å². The number of nitrogens with one attached hydrogen (secondary N) is 1. The second-order valence-electron chi connectivity index (χ2n) is 4.53. The van der Waals surface area contributed by atoms with Crippen LogP contribution in [-0.4, -0.2) is 11.7 Å². The molecule has 4 heteroatoms. The number of phenols is 1. The molecule has 0 heterocycles. The zero-order chi connectivity index (χ0) is 14.5. The van der Waals surface area contributed by atoms with Gasteiger partial charge in [0.2, 0.25) is 0 Å². The molecule has 0 amide bonds. The van der Waals surface area contributed by atoms with Gasteiger partial charge in [-0.1, -0.05) is 29.8 Å². The van der Waals surface area contributed by atoms with Gasteiger partial charge in [-0.25, -0.2) is 0 Å². The van der Waals surface area contributed by atoms with Gasteiger partial charge >= 0.3 is 0 Å². The SMILES string of the molecule is CCOc1cccc(CNc2ccc(C)cc2Cl)c1O. The molecule has 0 fully saturated rings. The summed E-state index contributed by atoms with van der Waals surface area (Å²) in [5, 5.41) is 14.0. The van der Waals surface area contributed by atoms with Crippen LogP contribution in [0.1, 0.15) is 18.1 Å². The number of para-hydroxylation sites is 1. The highest BCUT2D eigenvalue weighted by atomic mass is 35.5. The molecule has 0 unspecified atom stereocenters. The number of hydrogen-bond acceptors (Lipinski definition) is 3. The van der Waals surface area contributed by atoms with Crippen LogP contribution in [0.15, 0.2) is 36.4 Å². The van der Waals surface area contributed by atoms with E-state index in [4.69, 9.17) is 16.3 Å². The summed E-state index contributed by atoms with van der Waals surface area (Å²) in [5.41, 5.74) is 2.73. The zero-order valence-electron chi connectivity index (χ0n) is 11.6. The highest BCUT2D eigenvalue weighted by Gasteiger charge is 2.08. The van der Waals surface area contributed by atoms with E-state index in [-0.39, 0.29) is 5.75 Å². The average Bonchev–Trinajstić information content (AvgIpc) is 2.42. The van der Waals surface area contributed by atoms with E-state index < -0.39 is 0 Å². The van der Waals surface area contributed by atoms with Crippen molar-refractivity contribution >= 4 is 17.3 Å². The fourth-order valence-corrected chi connectivity index (χ4v) is 2.24. The number of phenolic OH excluding ortho intramolecular Hbond substituents is 1. The molecule has 0 saturated carbocycles. The number of anilines is 1. The van der Waals surface area contributed by atoms with Crippen molar-refractivity contribution in [2.75, 3.05) is 11.9 Å². The first kappa shape index (κ1) is 14.5. The molecule has 0 aliphatic rings. The molecule has 0 atom stereocenters. The lowest BCUT2D eigenvalue weighted by molar-refractivity contribution is 0.317. The molecule has 106 valence electrons. The Labute approximate surface area is 124 Å². The van der Waals surface area contributed by atoms with Crippen LogP contribution in [0.3, 0.4) is 0 Å². The van der Waals surface area contributed by atoms with Crippen molar-refractivity contribution in [3.63, 3.8) is 0 Å². The summed E-state index contributed by atoms with van der Waals surface area (Å²) in [7, 11) is 0. The highest BCUT2D eigenvalue weighted by Crippen LogP contribution is 2.31. The fraction of sp³-hybridized carbons (Fsp3) is 0.250. The van der Waals surface area contributed by atoms with E-state index in [2.05, 4.69) is 5.32 Å². The molecule has 2 rings (SSSR count). The Morgan fingerprint density at radius 1 is 1.25 bits per heavy atom. The summed E-state index contributed by atoms with van der Waals surface area (Å²) in [6, 6.07) is 11.3. The number of benzene rings is 2. The fourth-order valence-electron chi connectivity index (χ4n) is 1.94. The van der Waals surface area contributed by atoms with Gasteiger partial charge in [-0.2, -0.15) is 0 Å². The summed E-state index contributed by atoms with van der Waals surface area (Å²) >= 11 is 6.17. The molecule has 2 aromatic carbocycles. The predicted molar refractivity (Wildman–Crippen MR) is 82.8 cm³/mol. The van der Waals surface area contributed by atoms with Crippen LogP contribution >= 0.6 is 11.6 Å². The first-order valence-corrected chi connectivity index (χ1v) is 6.93. The number of aryl methyl sites for hydroxylation is 1. The van der Waals surface area contributed by atoms with E-state index >= 15 is 0 Å². The average molecular weight is 292 g/mol. The zero-order valence-corrected chi connectivity index (χ0v) is 12.4. The third kappa shape index (κ3) is 3.36. The van der Waals surface area contributed by atoms with Crippen molar-refractivity contribution in [3.05, 3.63) is 52.5 Å². The molecule has 0 spiro atoms. The topological polar surface area (TPSA) is 41.5 Å². The second kappa shape index (κ2) is 6.53. The van der Waals surface area contributed by atoms with Crippen molar-refractivity contribution in [3.8, 4) is 11.5 Å². The maximum Gasteiger partial charge on any atom is 0.162 e. The number of aromatic hydroxyl groups is 1. The van der Waals surface area contributed by atoms with Crippen LogP contribution < -0.4 is 10.1 Å². The lowest BCUT2D eigenvalue weighted by atomic mass is 10.1. The highest BCUT2D eigenvalue weighted by molar-refractivity contribution is 6.33. The standard InChI is InChI=1S/C16H18ClNO2/c1-3-20-15-6-4-5-12(16(15)19)10-18-14-8-7-11(2)9-13(14)17/h4-9,18-19H,3,10H2,1-2H3. The van der Waals surface area contributed by atoms with Gasteiger partial charge in [0.05, 0.1) is 17.3 Å². The molecule has 0 aliphatic heterocycles. The monoisotopic (exact) mass is 291 g/mol. The molecule has 0 aromatic heterocycles. The van der Waals surface area contributed by atoms with Crippen LogP contribution in [0.2, 0.25) is 5.02 Å². The molecule has 2 aromatic rings. The quantitative estimate of drug-likeness (QED) is 0.860. The van der Waals surface area contributed by atoms with Crippen LogP contribution in [0.25, 0.3) is 0 Å². The minimum Gasteiger partial charge on any atom is -0.504 e. The van der Waals surface area contributed by atoms with Crippen molar-refractivity contribution in [1.29, 1.82) is 0 Å². The molecule has 3 nitrogen and oxygen atoms in total. The molecule has 0 radical (unpaired) electrons. The Bertz CT molecular complexity index is 599. The number of ether oxygens (including phenoxy) is 1. The van der Waals surface area contributed by atoms with Crippen LogP contribution in [0.5, 0.6) is 11.5 Å². The Morgan fingerprint density at radius 2 is 2.05 bits per heavy atom. The molecule has 0 aliphatic carbocycles. The van der Waals surface area contributed by atoms with Crippen molar-refractivity contribution < 1.29 is 9.84 Å². The van der Waals surface area contributed by atoms with Gasteiger partial charge in [-0.15, -0.1) is 0 Å². The Balaban J connectivity index is 2.12. The van der Waals surface area contributed by atoms with E-state index in [1.807, 2.05) is 44.2 Å². The third-order valence-electron chi connectivity index (χ3n) is 2.98. The lowest BCUT2D eigenvalue weighted by Gasteiger charge is -2.12. The van der Waals surface area contributed by atoms with Crippen LogP contribution in [-0.2, 0) is 6.54 Å². The maximum atomic E-state index is 10.1. The predicted octanol–water partition coefficient (Wildman–Crippen LogP) is 4.36. The van der Waals surface area contributed by atoms with E-state index in [0.717, 1.165) is 16.8 Å². The number of hydrogen-bond donors (Lipinski definition) is 2. The summed E-state index contributed by atoms with van der Waals surface area (Å²) in [4.78, 5) is 0. The van der Waals surface area contributed by atoms with Gasteiger partial charge in [0.15, 0.2) is 11.5 Å². The smallest absolute Gasteiger partial charge is 0.162 e. The van der Waals surface area contributed by atoms with E-state index in [1.165, 1.54) is 0 Å². The Hall–Kier alpha value is -1.87. The van der Waals surface area contributed by atoms with Gasteiger partial charge in [0.25, 0.3) is 0 Å². The third-order valence-corrected chi connectivity index (χ3v) is 3.29. The first-order chi connectivity index (χ1) is 9.61. The molecule has 2 N–H and O–H groups in total. The van der Waals surface area contributed by atoms with Crippen molar-refractivity contribution in [2.24, 2.45) is 0 Å². The largest absolute Gasteiger partial charge is 0.504 e. The Morgan fingerprint density at radius 3 is 2.75 bits per heavy atom. The van der Waals surface area contributed by atoms with E-state index in [0.29, 0.717) is 23.9 Å². The van der Waals surface area contributed by atoms with Gasteiger partial charge in [-0.3, -0.25) is 0 Å². The maximum absolute atomic E-state index is 10.1. The minimum absolute atomic E-state index is 0.171. The minimum atomic E-state index is 0.171. The number of rotatable bonds is 5. The molecular formula is C16H18ClNO2. The molecule has 0 saturated heterocycles. The summed E-state index contributed by atoms with van der Waals surface area (Å²) in [6.07, 6.45) is 0. The van der Waals surface area contributed by atoms with Crippen molar-refractivity contribution in [1.82, 2.24) is 0 Å². The lowest BCUT2D eigenvalue weighted by Crippen LogP contribution is -2.01. The summed E-state index contributed by atoms with van der Waals surface area (Å²) in [5.74, 6) is 0.673. The molecule has 20 heavy (non-hydrogen) atoms. The van der Waals surface area contributed by atoms with E-state index in [1.54, 1.807) is 6.07 Å². The van der Waals surface area contributed by atoms with Gasteiger partial charge in [0, 0.05) is 12.1 Å². The number of halogens is 1. The second-order valence-corrected chi connectivity index (χ2v) is 4.94. The van der Waals surface area contributed by atoms with Crippen molar-refractivity contribution in [2.45, 2.75) is 20.4 Å². The first-order valence-electron chi connectivity index (χ1n) is 6.55. The van der Waals surface area contributed by atoms with Crippen LogP contribution in [0.4, 0.5) is 5.69 Å². The van der Waals surface area contributed by atoms with Gasteiger partial charge < -0.3 is 15.2 Å².